The standard InChI is InChI=1S/C15H16BrFN2/c1-19(9-11-5-7-13(18)8-6-11)10-12-3-2-4-14(17)15(12)16/h2-8H,9-10,18H2,1H3. The van der Waals surface area contributed by atoms with E-state index in [1.54, 1.807) is 6.07 Å². The highest BCUT2D eigenvalue weighted by Gasteiger charge is 2.08. The number of nitrogens with zero attached hydrogens (tertiary/aromatic N) is 1. The highest BCUT2D eigenvalue weighted by Crippen LogP contribution is 2.22. The maximum absolute atomic E-state index is 13.4. The molecule has 4 heteroatoms. The van der Waals surface area contributed by atoms with Crippen LogP contribution in [0, 0.1) is 5.82 Å². The molecule has 0 unspecified atom stereocenters. The van der Waals surface area contributed by atoms with E-state index in [9.17, 15) is 4.39 Å². The number of nitrogens with two attached hydrogens (primary N) is 1. The third-order valence-corrected chi connectivity index (χ3v) is 3.79. The number of rotatable bonds is 4. The third-order valence-electron chi connectivity index (χ3n) is 2.90. The molecule has 0 bridgehead atoms. The average molecular weight is 323 g/mol. The quantitative estimate of drug-likeness (QED) is 0.867. The van der Waals surface area contributed by atoms with E-state index in [-0.39, 0.29) is 5.82 Å². The first-order valence-electron chi connectivity index (χ1n) is 6.02. The van der Waals surface area contributed by atoms with E-state index in [2.05, 4.69) is 20.8 Å². The highest BCUT2D eigenvalue weighted by atomic mass is 79.9. The molecule has 0 fully saturated rings. The molecule has 0 spiro atoms. The fourth-order valence-corrected chi connectivity index (χ4v) is 2.34. The summed E-state index contributed by atoms with van der Waals surface area (Å²) in [7, 11) is 2.01. The largest absolute Gasteiger partial charge is 0.399 e. The minimum atomic E-state index is -0.224. The predicted octanol–water partition coefficient (Wildman–Crippen LogP) is 3.80. The van der Waals surface area contributed by atoms with Crippen LogP contribution in [0.5, 0.6) is 0 Å². The monoisotopic (exact) mass is 322 g/mol. The summed E-state index contributed by atoms with van der Waals surface area (Å²) in [5.74, 6) is -0.224. The summed E-state index contributed by atoms with van der Waals surface area (Å²) in [5, 5.41) is 0. The minimum absolute atomic E-state index is 0.224. The Bertz CT molecular complexity index is 555. The average Bonchev–Trinajstić information content (AvgIpc) is 2.38. The second-order valence-corrected chi connectivity index (χ2v) is 5.42. The number of hydrogen-bond donors (Lipinski definition) is 1. The minimum Gasteiger partial charge on any atom is -0.399 e. The van der Waals surface area contributed by atoms with Crippen molar-refractivity contribution in [1.82, 2.24) is 4.90 Å². The van der Waals surface area contributed by atoms with E-state index in [0.29, 0.717) is 11.0 Å². The molecule has 0 amide bonds. The van der Waals surface area contributed by atoms with Gasteiger partial charge in [0.05, 0.1) is 4.47 Å². The molecule has 0 heterocycles. The molecule has 2 nitrogen and oxygen atoms in total. The summed E-state index contributed by atoms with van der Waals surface area (Å²) < 4.78 is 14.0. The van der Waals surface area contributed by atoms with Gasteiger partial charge in [-0.3, -0.25) is 4.90 Å². The zero-order chi connectivity index (χ0) is 13.8. The van der Waals surface area contributed by atoms with Crippen molar-refractivity contribution in [3.63, 3.8) is 0 Å². The van der Waals surface area contributed by atoms with Crippen LogP contribution in [0.25, 0.3) is 0 Å². The normalized spacial score (nSPS) is 10.9. The molecular formula is C15H16BrFN2. The number of benzene rings is 2. The van der Waals surface area contributed by atoms with Crippen molar-refractivity contribution >= 4 is 21.6 Å². The van der Waals surface area contributed by atoms with E-state index in [4.69, 9.17) is 5.73 Å². The molecule has 0 radical (unpaired) electrons. The van der Waals surface area contributed by atoms with Crippen molar-refractivity contribution in [3.05, 3.63) is 63.9 Å². The van der Waals surface area contributed by atoms with Crippen LogP contribution in [-0.4, -0.2) is 11.9 Å². The first-order chi connectivity index (χ1) is 9.06. The van der Waals surface area contributed by atoms with Crippen molar-refractivity contribution in [2.75, 3.05) is 12.8 Å². The van der Waals surface area contributed by atoms with Crippen LogP contribution < -0.4 is 5.73 Å². The number of anilines is 1. The maximum Gasteiger partial charge on any atom is 0.137 e. The molecule has 2 N–H and O–H groups in total. The molecule has 0 saturated heterocycles. The van der Waals surface area contributed by atoms with Crippen molar-refractivity contribution in [3.8, 4) is 0 Å². The lowest BCUT2D eigenvalue weighted by molar-refractivity contribution is 0.318. The molecule has 2 aromatic rings. The summed E-state index contributed by atoms with van der Waals surface area (Å²) in [6.07, 6.45) is 0. The van der Waals surface area contributed by atoms with Gasteiger partial charge in [-0.1, -0.05) is 24.3 Å². The Hall–Kier alpha value is -1.39. The van der Waals surface area contributed by atoms with Gasteiger partial charge in [0.1, 0.15) is 5.82 Å². The van der Waals surface area contributed by atoms with Gasteiger partial charge in [0.25, 0.3) is 0 Å². The fraction of sp³-hybridized carbons (Fsp3) is 0.200. The third kappa shape index (κ3) is 3.78. The zero-order valence-electron chi connectivity index (χ0n) is 10.7. The first kappa shape index (κ1) is 14.0. The zero-order valence-corrected chi connectivity index (χ0v) is 12.3. The van der Waals surface area contributed by atoms with Gasteiger partial charge in [0, 0.05) is 18.8 Å². The van der Waals surface area contributed by atoms with Crippen LogP contribution >= 0.6 is 15.9 Å². The Morgan fingerprint density at radius 1 is 1.11 bits per heavy atom. The van der Waals surface area contributed by atoms with Crippen LogP contribution in [0.4, 0.5) is 10.1 Å². The molecule has 19 heavy (non-hydrogen) atoms. The van der Waals surface area contributed by atoms with E-state index in [0.717, 1.165) is 17.8 Å². The smallest absolute Gasteiger partial charge is 0.137 e. The lowest BCUT2D eigenvalue weighted by atomic mass is 10.1. The molecule has 0 aliphatic carbocycles. The van der Waals surface area contributed by atoms with Gasteiger partial charge in [-0.15, -0.1) is 0 Å². The molecule has 100 valence electrons. The Kier molecular flexibility index (Phi) is 4.56. The number of halogens is 2. The Morgan fingerprint density at radius 3 is 2.47 bits per heavy atom. The lowest BCUT2D eigenvalue weighted by Gasteiger charge is -2.18. The van der Waals surface area contributed by atoms with Gasteiger partial charge in [-0.05, 0) is 52.3 Å². The van der Waals surface area contributed by atoms with Crippen LogP contribution in [0.1, 0.15) is 11.1 Å². The van der Waals surface area contributed by atoms with E-state index >= 15 is 0 Å². The van der Waals surface area contributed by atoms with Gasteiger partial charge in [0.2, 0.25) is 0 Å². The summed E-state index contributed by atoms with van der Waals surface area (Å²) in [6.45, 7) is 1.48. The van der Waals surface area contributed by atoms with Gasteiger partial charge < -0.3 is 5.73 Å². The van der Waals surface area contributed by atoms with Crippen LogP contribution in [-0.2, 0) is 13.1 Å². The second-order valence-electron chi connectivity index (χ2n) is 4.63. The summed E-state index contributed by atoms with van der Waals surface area (Å²) in [4.78, 5) is 2.13. The van der Waals surface area contributed by atoms with E-state index in [1.807, 2.05) is 37.4 Å². The van der Waals surface area contributed by atoms with Gasteiger partial charge in [-0.2, -0.15) is 0 Å². The SMILES string of the molecule is CN(Cc1ccc(N)cc1)Cc1cccc(F)c1Br. The Morgan fingerprint density at radius 2 is 1.79 bits per heavy atom. The van der Waals surface area contributed by atoms with Crippen molar-refractivity contribution < 1.29 is 4.39 Å². The van der Waals surface area contributed by atoms with Crippen molar-refractivity contribution in [2.45, 2.75) is 13.1 Å². The van der Waals surface area contributed by atoms with Gasteiger partial charge in [0.15, 0.2) is 0 Å². The molecule has 0 aromatic heterocycles. The highest BCUT2D eigenvalue weighted by molar-refractivity contribution is 9.10. The second kappa shape index (κ2) is 6.17. The van der Waals surface area contributed by atoms with E-state index in [1.165, 1.54) is 11.6 Å². The molecule has 0 atom stereocenters. The lowest BCUT2D eigenvalue weighted by Crippen LogP contribution is -2.17. The maximum atomic E-state index is 13.4. The molecule has 0 aliphatic rings. The summed E-state index contributed by atoms with van der Waals surface area (Å²) >= 11 is 3.29. The van der Waals surface area contributed by atoms with Crippen molar-refractivity contribution in [1.29, 1.82) is 0 Å². The molecule has 2 rings (SSSR count). The first-order valence-corrected chi connectivity index (χ1v) is 6.81. The van der Waals surface area contributed by atoms with Gasteiger partial charge in [-0.25, -0.2) is 4.39 Å². The topological polar surface area (TPSA) is 29.3 Å². The van der Waals surface area contributed by atoms with Crippen LogP contribution in [0.2, 0.25) is 0 Å². The molecule has 0 aliphatic heterocycles. The molecule has 0 saturated carbocycles. The number of hydrogen-bond acceptors (Lipinski definition) is 2. The fourth-order valence-electron chi connectivity index (χ4n) is 1.95. The summed E-state index contributed by atoms with van der Waals surface area (Å²) in [5.41, 5.74) is 8.55. The Balaban J connectivity index is 2.03. The summed E-state index contributed by atoms with van der Waals surface area (Å²) in [6, 6.07) is 12.9. The van der Waals surface area contributed by atoms with E-state index < -0.39 is 0 Å². The van der Waals surface area contributed by atoms with Crippen LogP contribution in [0.15, 0.2) is 46.9 Å². The van der Waals surface area contributed by atoms with Crippen molar-refractivity contribution in [2.24, 2.45) is 0 Å². The Labute approximate surface area is 121 Å². The molecule has 2 aromatic carbocycles. The number of nitrogen functional groups attached to an aromatic ring is 1. The van der Waals surface area contributed by atoms with Crippen LogP contribution in [0.3, 0.4) is 0 Å². The molecular weight excluding hydrogens is 307 g/mol. The van der Waals surface area contributed by atoms with Gasteiger partial charge >= 0.3 is 0 Å². The predicted molar refractivity (Wildman–Crippen MR) is 80.1 cm³/mol.